The predicted octanol–water partition coefficient (Wildman–Crippen LogP) is 0.589. The zero-order valence-electron chi connectivity index (χ0n) is 13.7. The number of nitrogens with one attached hydrogen (secondary N) is 1. The Morgan fingerprint density at radius 3 is 2.83 bits per heavy atom. The molecular formula is C16H24N4O3. The first-order valence-electron chi connectivity index (χ1n) is 7.84. The molecule has 23 heavy (non-hydrogen) atoms. The van der Waals surface area contributed by atoms with Crippen molar-refractivity contribution in [2.24, 2.45) is 0 Å². The van der Waals surface area contributed by atoms with Crippen LogP contribution in [0.5, 0.6) is 0 Å². The Bertz CT molecular complexity index is 523. The van der Waals surface area contributed by atoms with Gasteiger partial charge in [-0.3, -0.25) is 14.5 Å². The molecule has 1 atom stereocenters. The summed E-state index contributed by atoms with van der Waals surface area (Å²) in [4.78, 5) is 32.2. The normalized spacial score (nSPS) is 17.4. The fourth-order valence-electron chi connectivity index (χ4n) is 2.62. The highest BCUT2D eigenvalue weighted by Crippen LogP contribution is 2.10. The van der Waals surface area contributed by atoms with Crippen molar-refractivity contribution >= 4 is 17.6 Å². The number of amides is 2. The molecule has 1 N–H and O–H groups in total. The van der Waals surface area contributed by atoms with Crippen LogP contribution in [0.4, 0.5) is 5.82 Å². The molecule has 1 aromatic rings. The number of ether oxygens (including phenoxy) is 1. The van der Waals surface area contributed by atoms with Crippen LogP contribution in [0.25, 0.3) is 0 Å². The van der Waals surface area contributed by atoms with Crippen molar-refractivity contribution in [2.45, 2.75) is 19.4 Å². The molecule has 1 aromatic heterocycles. The Morgan fingerprint density at radius 1 is 1.30 bits per heavy atom. The molecule has 7 heteroatoms. The average molecular weight is 320 g/mol. The first kappa shape index (κ1) is 17.4. The number of carbonyl (C=O) groups is 2. The number of pyridine rings is 1. The second kappa shape index (κ2) is 8.59. The Balaban J connectivity index is 1.88. The van der Waals surface area contributed by atoms with Crippen molar-refractivity contribution in [1.29, 1.82) is 0 Å². The fraction of sp³-hybridized carbons (Fsp3) is 0.562. The lowest BCUT2D eigenvalue weighted by Gasteiger charge is -2.26. The molecule has 2 amide bonds. The van der Waals surface area contributed by atoms with Gasteiger partial charge in [-0.25, -0.2) is 4.98 Å². The minimum absolute atomic E-state index is 0.0000554. The summed E-state index contributed by atoms with van der Waals surface area (Å²) in [5.41, 5.74) is 0. The van der Waals surface area contributed by atoms with E-state index < -0.39 is 0 Å². The quantitative estimate of drug-likeness (QED) is 0.859. The summed E-state index contributed by atoms with van der Waals surface area (Å²) in [7, 11) is 1.52. The predicted molar refractivity (Wildman–Crippen MR) is 87.0 cm³/mol. The smallest absolute Gasteiger partial charge is 0.248 e. The molecule has 0 radical (unpaired) electrons. The molecule has 7 nitrogen and oxygen atoms in total. The minimum Gasteiger partial charge on any atom is -0.375 e. The van der Waals surface area contributed by atoms with E-state index in [1.54, 1.807) is 23.2 Å². The molecule has 1 aliphatic rings. The number of rotatable bonds is 5. The number of nitrogens with zero attached hydrogens (tertiary/aromatic N) is 3. The van der Waals surface area contributed by atoms with E-state index in [4.69, 9.17) is 4.74 Å². The van der Waals surface area contributed by atoms with E-state index >= 15 is 0 Å². The number of carbonyl (C=O) groups excluding carboxylic acids is 2. The van der Waals surface area contributed by atoms with Gasteiger partial charge < -0.3 is 15.0 Å². The van der Waals surface area contributed by atoms with Crippen molar-refractivity contribution in [3.05, 3.63) is 24.4 Å². The van der Waals surface area contributed by atoms with Gasteiger partial charge in [-0.15, -0.1) is 0 Å². The third-order valence-electron chi connectivity index (χ3n) is 3.99. The monoisotopic (exact) mass is 320 g/mol. The van der Waals surface area contributed by atoms with Gasteiger partial charge in [0, 0.05) is 39.5 Å². The summed E-state index contributed by atoms with van der Waals surface area (Å²) in [6.45, 7) is 4.76. The lowest BCUT2D eigenvalue weighted by atomic mass is 10.2. The second-order valence-electron chi connectivity index (χ2n) is 5.58. The maximum atomic E-state index is 12.3. The van der Waals surface area contributed by atoms with Gasteiger partial charge in [-0.05, 0) is 25.5 Å². The highest BCUT2D eigenvalue weighted by atomic mass is 16.5. The lowest BCUT2D eigenvalue weighted by molar-refractivity contribution is -0.135. The van der Waals surface area contributed by atoms with Crippen LogP contribution in [0.3, 0.4) is 0 Å². The minimum atomic E-state index is -0.269. The van der Waals surface area contributed by atoms with Gasteiger partial charge in [0.1, 0.15) is 12.4 Å². The summed E-state index contributed by atoms with van der Waals surface area (Å²) < 4.78 is 4.90. The van der Waals surface area contributed by atoms with Crippen LogP contribution in [0, 0.1) is 0 Å². The molecular weight excluding hydrogens is 296 g/mol. The molecule has 1 aliphatic heterocycles. The van der Waals surface area contributed by atoms with E-state index in [2.05, 4.69) is 15.2 Å². The van der Waals surface area contributed by atoms with Crippen molar-refractivity contribution in [3.8, 4) is 0 Å². The topological polar surface area (TPSA) is 74.8 Å². The van der Waals surface area contributed by atoms with E-state index in [-0.39, 0.29) is 24.5 Å². The summed E-state index contributed by atoms with van der Waals surface area (Å²) in [6, 6.07) is 5.13. The number of anilines is 1. The molecule has 0 spiro atoms. The van der Waals surface area contributed by atoms with E-state index in [1.165, 1.54) is 7.11 Å². The van der Waals surface area contributed by atoms with Gasteiger partial charge in [-0.2, -0.15) is 0 Å². The average Bonchev–Trinajstić information content (AvgIpc) is 2.81. The molecule has 1 fully saturated rings. The van der Waals surface area contributed by atoms with Crippen molar-refractivity contribution in [1.82, 2.24) is 14.8 Å². The molecule has 0 unspecified atom stereocenters. The Morgan fingerprint density at radius 2 is 2.13 bits per heavy atom. The van der Waals surface area contributed by atoms with Crippen LogP contribution in [0.1, 0.15) is 13.3 Å². The van der Waals surface area contributed by atoms with Gasteiger partial charge in [0.2, 0.25) is 11.8 Å². The Hall–Kier alpha value is -1.99. The molecule has 0 aliphatic carbocycles. The van der Waals surface area contributed by atoms with Crippen molar-refractivity contribution in [2.75, 3.05) is 45.2 Å². The molecule has 0 bridgehead atoms. The zero-order chi connectivity index (χ0) is 16.7. The van der Waals surface area contributed by atoms with Crippen LogP contribution < -0.4 is 5.32 Å². The van der Waals surface area contributed by atoms with Gasteiger partial charge in [0.05, 0.1) is 6.04 Å². The third-order valence-corrected chi connectivity index (χ3v) is 3.99. The van der Waals surface area contributed by atoms with Crippen LogP contribution in [0.15, 0.2) is 24.4 Å². The number of methoxy groups -OCH3 is 1. The van der Waals surface area contributed by atoms with Gasteiger partial charge in [0.15, 0.2) is 0 Å². The zero-order valence-corrected chi connectivity index (χ0v) is 13.7. The summed E-state index contributed by atoms with van der Waals surface area (Å²) in [6.07, 6.45) is 2.49. The van der Waals surface area contributed by atoms with Crippen molar-refractivity contribution < 1.29 is 14.3 Å². The maximum Gasteiger partial charge on any atom is 0.248 e. The van der Waals surface area contributed by atoms with Crippen LogP contribution in [-0.2, 0) is 14.3 Å². The van der Waals surface area contributed by atoms with Crippen molar-refractivity contribution in [3.63, 3.8) is 0 Å². The number of hydrogen-bond donors (Lipinski definition) is 1. The maximum absolute atomic E-state index is 12.3. The van der Waals surface area contributed by atoms with Gasteiger partial charge in [-0.1, -0.05) is 6.07 Å². The molecule has 0 aromatic carbocycles. The highest BCUT2D eigenvalue weighted by Gasteiger charge is 2.25. The summed E-state index contributed by atoms with van der Waals surface area (Å²) in [5.74, 6) is 0.469. The third kappa shape index (κ3) is 5.01. The molecule has 0 saturated carbocycles. The first-order chi connectivity index (χ1) is 11.1. The van der Waals surface area contributed by atoms with E-state index in [1.807, 2.05) is 13.0 Å². The molecule has 2 rings (SSSR count). The largest absolute Gasteiger partial charge is 0.375 e. The summed E-state index contributed by atoms with van der Waals surface area (Å²) in [5, 5.41) is 2.82. The Labute approximate surface area is 136 Å². The van der Waals surface area contributed by atoms with Crippen LogP contribution >= 0.6 is 0 Å². The van der Waals surface area contributed by atoms with Gasteiger partial charge in [0.25, 0.3) is 0 Å². The SMILES string of the molecule is COCC(=O)N1CCCN([C@H](C)C(=O)Nc2ccccn2)CC1. The number of hydrogen-bond acceptors (Lipinski definition) is 5. The van der Waals surface area contributed by atoms with Crippen LogP contribution in [-0.4, -0.2) is 72.5 Å². The van der Waals surface area contributed by atoms with E-state index in [9.17, 15) is 9.59 Å². The Kier molecular flexibility index (Phi) is 6.49. The van der Waals surface area contributed by atoms with E-state index in [0.29, 0.717) is 25.5 Å². The summed E-state index contributed by atoms with van der Waals surface area (Å²) >= 11 is 0. The standard InChI is InChI=1S/C16H24N4O3/c1-13(16(22)18-14-6-3-4-7-17-14)19-8-5-9-20(11-10-19)15(21)12-23-2/h3-4,6-7,13H,5,8-12H2,1-2H3,(H,17,18,22)/t13-/m1/s1. The second-order valence-corrected chi connectivity index (χ2v) is 5.58. The van der Waals surface area contributed by atoms with E-state index in [0.717, 1.165) is 13.0 Å². The molecule has 126 valence electrons. The molecule has 1 saturated heterocycles. The first-order valence-corrected chi connectivity index (χ1v) is 7.84. The fourth-order valence-corrected chi connectivity index (χ4v) is 2.62. The van der Waals surface area contributed by atoms with Crippen LogP contribution in [0.2, 0.25) is 0 Å². The number of aromatic nitrogens is 1. The molecule has 2 heterocycles. The van der Waals surface area contributed by atoms with Gasteiger partial charge >= 0.3 is 0 Å². The highest BCUT2D eigenvalue weighted by molar-refractivity contribution is 5.93. The lowest BCUT2D eigenvalue weighted by Crippen LogP contribution is -2.44.